The molecule has 0 aromatic heterocycles. The molecule has 0 unspecified atom stereocenters. The van der Waals surface area contributed by atoms with Gasteiger partial charge in [-0.05, 0) is 34.5 Å². The summed E-state index contributed by atoms with van der Waals surface area (Å²) in [6.45, 7) is 0. The van der Waals surface area contributed by atoms with E-state index in [4.69, 9.17) is 11.6 Å². The maximum atomic E-state index is 12.8. The smallest absolute Gasteiger partial charge is 0.324 e. The van der Waals surface area contributed by atoms with E-state index in [1.54, 1.807) is 0 Å². The molecule has 0 saturated carbocycles. The van der Waals surface area contributed by atoms with Gasteiger partial charge in [0.15, 0.2) is 0 Å². The molecule has 6 heteroatoms. The Bertz CT molecular complexity index is 932. The summed E-state index contributed by atoms with van der Waals surface area (Å²) in [5.74, 6) is -0.433. The number of hydrogen-bond acceptors (Lipinski definition) is 1. The van der Waals surface area contributed by atoms with E-state index in [9.17, 15) is 18.0 Å². The van der Waals surface area contributed by atoms with Crippen LogP contribution < -0.4 is 5.32 Å². The molecule has 3 aromatic carbocycles. The minimum Gasteiger partial charge on any atom is -0.324 e. The zero-order valence-electron chi connectivity index (χ0n) is 12.9. The third-order valence-electron chi connectivity index (χ3n) is 3.80. The normalized spacial score (nSPS) is 11.5. The summed E-state index contributed by atoms with van der Waals surface area (Å²) in [7, 11) is 0. The van der Waals surface area contributed by atoms with Gasteiger partial charge in [-0.1, -0.05) is 54.1 Å². The summed E-state index contributed by atoms with van der Waals surface area (Å²) >= 11 is 5.91. The van der Waals surface area contributed by atoms with Crippen molar-refractivity contribution in [2.45, 2.75) is 12.6 Å². The number of fused-ring (bicyclic) bond motifs is 1. The van der Waals surface area contributed by atoms with Gasteiger partial charge in [-0.15, -0.1) is 0 Å². The van der Waals surface area contributed by atoms with Crippen molar-refractivity contribution in [3.63, 3.8) is 0 Å². The van der Waals surface area contributed by atoms with Crippen LogP contribution in [0.2, 0.25) is 5.02 Å². The van der Waals surface area contributed by atoms with E-state index in [1.807, 2.05) is 42.5 Å². The zero-order valence-corrected chi connectivity index (χ0v) is 13.7. The van der Waals surface area contributed by atoms with Gasteiger partial charge in [-0.3, -0.25) is 4.79 Å². The fourth-order valence-corrected chi connectivity index (χ4v) is 2.78. The van der Waals surface area contributed by atoms with Gasteiger partial charge in [-0.25, -0.2) is 0 Å². The third kappa shape index (κ3) is 3.94. The Morgan fingerprint density at radius 2 is 1.72 bits per heavy atom. The van der Waals surface area contributed by atoms with Crippen LogP contribution in [0.5, 0.6) is 0 Å². The summed E-state index contributed by atoms with van der Waals surface area (Å²) < 4.78 is 38.4. The molecule has 128 valence electrons. The number of anilines is 1. The zero-order chi connectivity index (χ0) is 18.0. The molecule has 3 rings (SSSR count). The minimum atomic E-state index is -4.50. The molecule has 25 heavy (non-hydrogen) atoms. The summed E-state index contributed by atoms with van der Waals surface area (Å²) in [6.07, 6.45) is -4.46. The predicted molar refractivity (Wildman–Crippen MR) is 92.7 cm³/mol. The van der Waals surface area contributed by atoms with Crippen LogP contribution in [0, 0.1) is 0 Å². The first-order chi connectivity index (χ1) is 11.8. The maximum Gasteiger partial charge on any atom is 0.416 e. The molecule has 0 fully saturated rings. The first-order valence-electron chi connectivity index (χ1n) is 7.48. The van der Waals surface area contributed by atoms with Crippen LogP contribution in [0.15, 0.2) is 60.7 Å². The standard InChI is InChI=1S/C19H13ClF3NO/c20-16-9-8-14(19(21,22)23)11-17(16)24-18(25)10-13-6-3-5-12-4-1-2-7-15(12)13/h1-9,11H,10H2,(H,24,25). The molecule has 0 aliphatic heterocycles. The molecule has 0 aliphatic rings. The number of carbonyl (C=O) groups excluding carboxylic acids is 1. The van der Waals surface area contributed by atoms with Crippen LogP contribution in [0.25, 0.3) is 10.8 Å². The number of rotatable bonds is 3. The molecule has 2 nitrogen and oxygen atoms in total. The Morgan fingerprint density at radius 1 is 1.00 bits per heavy atom. The fourth-order valence-electron chi connectivity index (χ4n) is 2.61. The first-order valence-corrected chi connectivity index (χ1v) is 7.85. The highest BCUT2D eigenvalue weighted by Gasteiger charge is 2.31. The van der Waals surface area contributed by atoms with Crippen LogP contribution in [-0.4, -0.2) is 5.91 Å². The topological polar surface area (TPSA) is 29.1 Å². The maximum absolute atomic E-state index is 12.8. The van der Waals surface area contributed by atoms with Crippen molar-refractivity contribution >= 4 is 34.0 Å². The molecule has 0 aliphatic carbocycles. The summed E-state index contributed by atoms with van der Waals surface area (Å²) in [5, 5.41) is 4.44. The molecule has 0 spiro atoms. The van der Waals surface area contributed by atoms with E-state index in [1.165, 1.54) is 0 Å². The van der Waals surface area contributed by atoms with Crippen LogP contribution in [0.1, 0.15) is 11.1 Å². The average molecular weight is 364 g/mol. The lowest BCUT2D eigenvalue weighted by molar-refractivity contribution is -0.137. The Hall–Kier alpha value is -2.53. The number of amides is 1. The van der Waals surface area contributed by atoms with Crippen molar-refractivity contribution in [1.29, 1.82) is 0 Å². The summed E-state index contributed by atoms with van der Waals surface area (Å²) in [4.78, 5) is 12.3. The minimum absolute atomic E-state index is 0.0356. The Labute approximate surface area is 147 Å². The molecule has 3 aromatic rings. The van der Waals surface area contributed by atoms with Crippen molar-refractivity contribution < 1.29 is 18.0 Å². The highest BCUT2D eigenvalue weighted by molar-refractivity contribution is 6.33. The van der Waals surface area contributed by atoms with Crippen LogP contribution in [0.4, 0.5) is 18.9 Å². The largest absolute Gasteiger partial charge is 0.416 e. The predicted octanol–water partition coefficient (Wildman–Crippen LogP) is 5.69. The van der Waals surface area contributed by atoms with E-state index in [0.29, 0.717) is 0 Å². The number of alkyl halides is 3. The lowest BCUT2D eigenvalue weighted by Crippen LogP contribution is -2.16. The molecule has 0 atom stereocenters. The monoisotopic (exact) mass is 363 g/mol. The van der Waals surface area contributed by atoms with Crippen molar-refractivity contribution in [3.05, 3.63) is 76.8 Å². The van der Waals surface area contributed by atoms with Crippen LogP contribution in [-0.2, 0) is 17.4 Å². The lowest BCUT2D eigenvalue weighted by Gasteiger charge is -2.12. The van der Waals surface area contributed by atoms with E-state index < -0.39 is 17.6 Å². The first kappa shape index (κ1) is 17.3. The van der Waals surface area contributed by atoms with E-state index >= 15 is 0 Å². The number of hydrogen-bond donors (Lipinski definition) is 1. The van der Waals surface area contributed by atoms with E-state index in [2.05, 4.69) is 5.32 Å². The van der Waals surface area contributed by atoms with Gasteiger partial charge < -0.3 is 5.32 Å². The molecule has 0 saturated heterocycles. The average Bonchev–Trinajstić information content (AvgIpc) is 2.56. The van der Waals surface area contributed by atoms with Gasteiger partial charge in [0, 0.05) is 0 Å². The van der Waals surface area contributed by atoms with E-state index in [0.717, 1.165) is 34.5 Å². The van der Waals surface area contributed by atoms with Gasteiger partial charge in [0.2, 0.25) is 5.91 Å². The SMILES string of the molecule is O=C(Cc1cccc2ccccc12)Nc1cc(C(F)(F)F)ccc1Cl. The van der Waals surface area contributed by atoms with Gasteiger partial charge in [0.25, 0.3) is 0 Å². The fraction of sp³-hybridized carbons (Fsp3) is 0.105. The molecule has 0 radical (unpaired) electrons. The molecular weight excluding hydrogens is 351 g/mol. The third-order valence-corrected chi connectivity index (χ3v) is 4.13. The van der Waals surface area contributed by atoms with Crippen molar-refractivity contribution in [1.82, 2.24) is 0 Å². The Kier molecular flexibility index (Phi) is 4.68. The lowest BCUT2D eigenvalue weighted by atomic mass is 10.0. The summed E-state index contributed by atoms with van der Waals surface area (Å²) in [6, 6.07) is 16.0. The van der Waals surface area contributed by atoms with Crippen LogP contribution >= 0.6 is 11.6 Å². The molecule has 0 heterocycles. The molecule has 1 amide bonds. The summed E-state index contributed by atoms with van der Waals surface area (Å²) in [5.41, 5.74) is -0.127. The van der Waals surface area contributed by atoms with Crippen molar-refractivity contribution in [3.8, 4) is 0 Å². The molecule has 1 N–H and O–H groups in total. The quantitative estimate of drug-likeness (QED) is 0.636. The van der Waals surface area contributed by atoms with Crippen LogP contribution in [0.3, 0.4) is 0 Å². The highest BCUT2D eigenvalue weighted by atomic mass is 35.5. The van der Waals surface area contributed by atoms with Gasteiger partial charge >= 0.3 is 6.18 Å². The highest BCUT2D eigenvalue weighted by Crippen LogP contribution is 2.34. The van der Waals surface area contributed by atoms with Crippen molar-refractivity contribution in [2.24, 2.45) is 0 Å². The van der Waals surface area contributed by atoms with Gasteiger partial charge in [-0.2, -0.15) is 13.2 Å². The van der Waals surface area contributed by atoms with Crippen molar-refractivity contribution in [2.75, 3.05) is 5.32 Å². The number of carbonyl (C=O) groups is 1. The second-order valence-corrected chi connectivity index (χ2v) is 5.96. The second kappa shape index (κ2) is 6.76. The Balaban J connectivity index is 1.83. The molecule has 0 bridgehead atoms. The second-order valence-electron chi connectivity index (χ2n) is 5.56. The number of benzene rings is 3. The number of halogens is 4. The Morgan fingerprint density at radius 3 is 2.48 bits per heavy atom. The molecular formula is C19H13ClF3NO. The van der Waals surface area contributed by atoms with Gasteiger partial charge in [0.1, 0.15) is 0 Å². The number of nitrogens with one attached hydrogen (secondary N) is 1. The van der Waals surface area contributed by atoms with E-state index in [-0.39, 0.29) is 17.1 Å². The van der Waals surface area contributed by atoms with Gasteiger partial charge in [0.05, 0.1) is 22.7 Å².